The average molecular weight is 348 g/mol. The van der Waals surface area contributed by atoms with Gasteiger partial charge >= 0.3 is 0 Å². The molecule has 1 atom stereocenters. The number of hydrogen-bond donors (Lipinski definition) is 1. The minimum absolute atomic E-state index is 0.0154. The van der Waals surface area contributed by atoms with Crippen molar-refractivity contribution in [2.24, 2.45) is 0 Å². The van der Waals surface area contributed by atoms with Gasteiger partial charge < -0.3 is 10.6 Å². The van der Waals surface area contributed by atoms with Gasteiger partial charge in [-0.2, -0.15) is 0 Å². The Morgan fingerprint density at radius 1 is 1.33 bits per heavy atom. The summed E-state index contributed by atoms with van der Waals surface area (Å²) < 4.78 is 23.9. The van der Waals surface area contributed by atoms with E-state index in [2.05, 4.69) is 10.2 Å². The van der Waals surface area contributed by atoms with Crippen molar-refractivity contribution in [3.05, 3.63) is 0 Å². The second kappa shape index (κ2) is 5.73. The molecule has 2 N–H and O–H groups in total. The molecule has 10 heteroatoms. The van der Waals surface area contributed by atoms with E-state index in [-0.39, 0.29) is 35.2 Å². The highest BCUT2D eigenvalue weighted by molar-refractivity contribution is 8.01. The fraction of sp³-hybridized carbons (Fsp3) is 0.727. The van der Waals surface area contributed by atoms with Crippen LogP contribution in [0.15, 0.2) is 4.34 Å². The van der Waals surface area contributed by atoms with Gasteiger partial charge in [-0.1, -0.05) is 23.1 Å². The maximum Gasteiger partial charge on any atom is 0.233 e. The summed E-state index contributed by atoms with van der Waals surface area (Å²) in [5.74, 6) is 0.528. The molecule has 0 bridgehead atoms. The first kappa shape index (κ1) is 15.0. The summed E-state index contributed by atoms with van der Waals surface area (Å²) in [7, 11) is -2.98. The van der Waals surface area contributed by atoms with E-state index in [4.69, 9.17) is 5.73 Å². The highest BCUT2D eigenvalue weighted by atomic mass is 32.2. The van der Waals surface area contributed by atoms with E-state index < -0.39 is 9.84 Å². The van der Waals surface area contributed by atoms with Gasteiger partial charge in [-0.05, 0) is 19.3 Å². The van der Waals surface area contributed by atoms with Gasteiger partial charge in [0.2, 0.25) is 11.0 Å². The summed E-state index contributed by atoms with van der Waals surface area (Å²) in [5, 5.41) is 7.95. The third kappa shape index (κ3) is 3.67. The zero-order valence-corrected chi connectivity index (χ0v) is 13.7. The number of anilines is 1. The molecule has 3 rings (SSSR count). The first-order valence-corrected chi connectivity index (χ1v) is 10.3. The lowest BCUT2D eigenvalue weighted by Gasteiger charge is -2.28. The van der Waals surface area contributed by atoms with E-state index in [9.17, 15) is 13.2 Å². The molecule has 0 radical (unpaired) electrons. The molecule has 1 aliphatic carbocycles. The predicted molar refractivity (Wildman–Crippen MR) is 82.0 cm³/mol. The summed E-state index contributed by atoms with van der Waals surface area (Å²) in [6, 6.07) is 0.0611. The fourth-order valence-electron chi connectivity index (χ4n) is 2.53. The van der Waals surface area contributed by atoms with E-state index in [1.54, 1.807) is 4.90 Å². The van der Waals surface area contributed by atoms with Gasteiger partial charge in [-0.25, -0.2) is 8.42 Å². The van der Waals surface area contributed by atoms with Crippen LogP contribution in [0.1, 0.15) is 19.3 Å². The number of nitrogens with two attached hydrogens (primary N) is 1. The number of carbonyl (C=O) groups excluding carboxylic acids is 1. The molecule has 1 aliphatic heterocycles. The topological polar surface area (TPSA) is 106 Å². The number of hydrogen-bond acceptors (Lipinski definition) is 8. The monoisotopic (exact) mass is 348 g/mol. The van der Waals surface area contributed by atoms with Crippen molar-refractivity contribution in [2.45, 2.75) is 35.7 Å². The molecule has 116 valence electrons. The van der Waals surface area contributed by atoms with Gasteiger partial charge in [-0.3, -0.25) is 4.79 Å². The molecule has 2 fully saturated rings. The molecule has 7 nitrogen and oxygen atoms in total. The quantitative estimate of drug-likeness (QED) is 0.767. The van der Waals surface area contributed by atoms with E-state index in [0.717, 1.165) is 12.8 Å². The number of rotatable bonds is 5. The zero-order valence-electron chi connectivity index (χ0n) is 11.3. The lowest BCUT2D eigenvalue weighted by molar-refractivity contribution is -0.130. The summed E-state index contributed by atoms with van der Waals surface area (Å²) in [6.45, 7) is 0. The minimum Gasteiger partial charge on any atom is -0.374 e. The molecule has 1 aromatic rings. The van der Waals surface area contributed by atoms with Crippen LogP contribution in [0.3, 0.4) is 0 Å². The molecule has 0 spiro atoms. The molecule has 1 aromatic heterocycles. The molecule has 1 saturated heterocycles. The smallest absolute Gasteiger partial charge is 0.233 e. The molecular formula is C11H16N4O3S3. The molecule has 1 amide bonds. The minimum atomic E-state index is -2.98. The summed E-state index contributed by atoms with van der Waals surface area (Å²) in [4.78, 5) is 14.2. The number of amides is 1. The molecule has 2 heterocycles. The van der Waals surface area contributed by atoms with Crippen LogP contribution in [0.2, 0.25) is 0 Å². The second-order valence-electron chi connectivity index (χ2n) is 5.28. The number of carbonyl (C=O) groups is 1. The molecule has 1 saturated carbocycles. The second-order valence-corrected chi connectivity index (χ2v) is 9.74. The average Bonchev–Trinajstić information content (AvgIpc) is 3.05. The maximum absolute atomic E-state index is 12.4. The number of nitrogen functional groups attached to an aromatic ring is 1. The van der Waals surface area contributed by atoms with Crippen molar-refractivity contribution < 1.29 is 13.2 Å². The highest BCUT2D eigenvalue weighted by Gasteiger charge is 2.41. The normalized spacial score (nSPS) is 24.1. The van der Waals surface area contributed by atoms with Crippen molar-refractivity contribution in [2.75, 3.05) is 23.0 Å². The fourth-order valence-corrected chi connectivity index (χ4v) is 5.75. The third-order valence-electron chi connectivity index (χ3n) is 3.57. The van der Waals surface area contributed by atoms with Crippen molar-refractivity contribution in [1.29, 1.82) is 0 Å². The lowest BCUT2D eigenvalue weighted by atomic mass is 10.2. The Hall–Kier alpha value is -0.870. The number of nitrogens with zero attached hydrogens (tertiary/aromatic N) is 3. The molecule has 21 heavy (non-hydrogen) atoms. The molecule has 0 unspecified atom stereocenters. The Balaban J connectivity index is 1.62. The van der Waals surface area contributed by atoms with E-state index in [1.165, 1.54) is 23.1 Å². The van der Waals surface area contributed by atoms with Crippen LogP contribution in [-0.4, -0.2) is 58.8 Å². The van der Waals surface area contributed by atoms with Crippen molar-refractivity contribution in [3.63, 3.8) is 0 Å². The summed E-state index contributed by atoms with van der Waals surface area (Å²) in [5.41, 5.74) is 5.50. The van der Waals surface area contributed by atoms with Crippen LogP contribution < -0.4 is 5.73 Å². The SMILES string of the molecule is Nc1nnc(SCC(=O)N(C2CC2)[C@@H]2CCS(=O)(=O)C2)s1. The highest BCUT2D eigenvalue weighted by Crippen LogP contribution is 2.33. The van der Waals surface area contributed by atoms with Crippen LogP contribution >= 0.6 is 23.1 Å². The van der Waals surface area contributed by atoms with Gasteiger partial charge in [0.15, 0.2) is 14.2 Å². The van der Waals surface area contributed by atoms with Crippen LogP contribution in [0.5, 0.6) is 0 Å². The van der Waals surface area contributed by atoms with Crippen LogP contribution in [0.25, 0.3) is 0 Å². The predicted octanol–water partition coefficient (Wildman–Crippen LogP) is 0.390. The van der Waals surface area contributed by atoms with Gasteiger partial charge in [0, 0.05) is 12.1 Å². The molecular weight excluding hydrogens is 332 g/mol. The Kier molecular flexibility index (Phi) is 4.10. The van der Waals surface area contributed by atoms with Crippen molar-refractivity contribution in [1.82, 2.24) is 15.1 Å². The number of sulfone groups is 1. The number of thioether (sulfide) groups is 1. The Bertz CT molecular complexity index is 641. The van der Waals surface area contributed by atoms with Crippen LogP contribution in [0, 0.1) is 0 Å². The van der Waals surface area contributed by atoms with Crippen LogP contribution in [0.4, 0.5) is 5.13 Å². The summed E-state index contributed by atoms with van der Waals surface area (Å²) in [6.07, 6.45) is 2.50. The molecule has 2 aliphatic rings. The summed E-state index contributed by atoms with van der Waals surface area (Å²) >= 11 is 2.56. The molecule has 0 aromatic carbocycles. The lowest BCUT2D eigenvalue weighted by Crippen LogP contribution is -2.43. The van der Waals surface area contributed by atoms with E-state index >= 15 is 0 Å². The third-order valence-corrected chi connectivity index (χ3v) is 7.19. The Labute approximate surface area is 131 Å². The van der Waals surface area contributed by atoms with Gasteiger partial charge in [0.05, 0.1) is 17.3 Å². The first-order chi connectivity index (χ1) is 9.94. The number of aromatic nitrogens is 2. The van der Waals surface area contributed by atoms with Gasteiger partial charge in [-0.15, -0.1) is 10.2 Å². The largest absolute Gasteiger partial charge is 0.374 e. The first-order valence-electron chi connectivity index (χ1n) is 6.68. The van der Waals surface area contributed by atoms with E-state index in [1.807, 2.05) is 0 Å². The maximum atomic E-state index is 12.4. The van der Waals surface area contributed by atoms with Crippen LogP contribution in [-0.2, 0) is 14.6 Å². The van der Waals surface area contributed by atoms with E-state index in [0.29, 0.717) is 15.9 Å². The standard InChI is InChI=1S/C11H16N4O3S3/c12-10-13-14-11(20-10)19-5-9(16)15(7-1-2-7)8-3-4-21(17,18)6-8/h7-8H,1-6H2,(H2,12,13)/t8-/m1/s1. The van der Waals surface area contributed by atoms with Gasteiger partial charge in [0.25, 0.3) is 0 Å². The zero-order chi connectivity index (χ0) is 15.0. The Morgan fingerprint density at radius 2 is 2.10 bits per heavy atom. The van der Waals surface area contributed by atoms with Gasteiger partial charge in [0.1, 0.15) is 0 Å². The van der Waals surface area contributed by atoms with Crippen molar-refractivity contribution in [3.8, 4) is 0 Å². The Morgan fingerprint density at radius 3 is 2.62 bits per heavy atom. The van der Waals surface area contributed by atoms with Crippen molar-refractivity contribution >= 4 is 44.0 Å².